The molecule has 21 heavy (non-hydrogen) atoms. The summed E-state index contributed by atoms with van der Waals surface area (Å²) in [7, 11) is -3.30. The fourth-order valence-corrected chi connectivity index (χ4v) is 3.48. The van der Waals surface area contributed by atoms with Gasteiger partial charge in [0.25, 0.3) is 10.2 Å². The van der Waals surface area contributed by atoms with Gasteiger partial charge in [0.2, 0.25) is 0 Å². The van der Waals surface area contributed by atoms with Gasteiger partial charge in [-0.25, -0.2) is 0 Å². The summed E-state index contributed by atoms with van der Waals surface area (Å²) in [5, 5.41) is 8.54. The molecular weight excluding hydrogens is 313 g/mol. The van der Waals surface area contributed by atoms with Crippen LogP contribution in [0.25, 0.3) is 0 Å². The number of carboxylic acids is 1. The average Bonchev–Trinajstić information content (AvgIpc) is 2.34. The molecular formula is C11H21F3N2O4S. The van der Waals surface area contributed by atoms with E-state index in [-0.39, 0.29) is 19.4 Å². The van der Waals surface area contributed by atoms with Gasteiger partial charge < -0.3 is 5.11 Å². The molecule has 1 N–H and O–H groups in total. The van der Waals surface area contributed by atoms with Gasteiger partial charge in [-0.1, -0.05) is 13.8 Å². The maximum atomic E-state index is 12.6. The minimum absolute atomic E-state index is 0.235. The third-order valence-electron chi connectivity index (χ3n) is 3.02. The van der Waals surface area contributed by atoms with E-state index in [1.807, 2.05) is 0 Å². The molecule has 0 aliphatic carbocycles. The maximum Gasteiger partial charge on any atom is 0.402 e. The molecule has 0 saturated heterocycles. The molecule has 0 aliphatic heterocycles. The second-order valence-corrected chi connectivity index (χ2v) is 6.59. The van der Waals surface area contributed by atoms with Crippen LogP contribution in [0, 0.1) is 0 Å². The first-order valence-electron chi connectivity index (χ1n) is 6.47. The van der Waals surface area contributed by atoms with Crippen molar-refractivity contribution in [3.8, 4) is 0 Å². The van der Waals surface area contributed by atoms with Crippen molar-refractivity contribution in [2.45, 2.75) is 45.3 Å². The minimum Gasteiger partial charge on any atom is -0.481 e. The fraction of sp³-hybridized carbons (Fsp3) is 0.909. The highest BCUT2D eigenvalue weighted by molar-refractivity contribution is 7.86. The number of nitrogens with zero attached hydrogens (tertiary/aromatic N) is 2. The molecule has 0 amide bonds. The molecule has 0 rings (SSSR count). The second kappa shape index (κ2) is 7.95. The number of rotatable bonds is 9. The van der Waals surface area contributed by atoms with E-state index in [0.29, 0.717) is 8.61 Å². The van der Waals surface area contributed by atoms with E-state index < -0.39 is 41.4 Å². The molecule has 0 spiro atoms. The fourth-order valence-electron chi connectivity index (χ4n) is 1.82. The molecule has 0 atom stereocenters. The lowest BCUT2D eigenvalue weighted by molar-refractivity contribution is -0.140. The lowest BCUT2D eigenvalue weighted by atomic mass is 10.2. The summed E-state index contributed by atoms with van der Waals surface area (Å²) < 4.78 is 63.4. The van der Waals surface area contributed by atoms with Crippen molar-refractivity contribution in [1.29, 1.82) is 0 Å². The number of carbonyl (C=O) groups is 1. The average molecular weight is 334 g/mol. The van der Waals surface area contributed by atoms with E-state index in [0.717, 1.165) is 7.05 Å². The largest absolute Gasteiger partial charge is 0.481 e. The van der Waals surface area contributed by atoms with E-state index >= 15 is 0 Å². The van der Waals surface area contributed by atoms with Crippen LogP contribution in [0.15, 0.2) is 0 Å². The van der Waals surface area contributed by atoms with Crippen molar-refractivity contribution in [2.24, 2.45) is 0 Å². The summed E-state index contributed by atoms with van der Waals surface area (Å²) in [4.78, 5) is 10.5. The molecule has 0 fully saturated rings. The molecule has 0 aliphatic rings. The normalized spacial score (nSPS) is 13.4. The van der Waals surface area contributed by atoms with Crippen molar-refractivity contribution in [3.05, 3.63) is 0 Å². The van der Waals surface area contributed by atoms with Crippen molar-refractivity contribution < 1.29 is 31.5 Å². The predicted octanol–water partition coefficient (Wildman–Crippen LogP) is 1.69. The zero-order valence-electron chi connectivity index (χ0n) is 12.2. The van der Waals surface area contributed by atoms with Gasteiger partial charge in [-0.2, -0.15) is 30.2 Å². The van der Waals surface area contributed by atoms with E-state index in [9.17, 15) is 26.4 Å². The smallest absolute Gasteiger partial charge is 0.402 e. The first-order chi connectivity index (χ1) is 9.45. The van der Waals surface area contributed by atoms with Crippen molar-refractivity contribution in [1.82, 2.24) is 8.61 Å². The van der Waals surface area contributed by atoms with E-state index in [2.05, 4.69) is 0 Å². The molecule has 6 nitrogen and oxygen atoms in total. The summed E-state index contributed by atoms with van der Waals surface area (Å²) in [6, 6.07) is -0.788. The third-order valence-corrected chi connectivity index (χ3v) is 5.01. The Bertz CT molecular complexity index is 435. The van der Waals surface area contributed by atoms with Gasteiger partial charge in [-0.3, -0.25) is 4.79 Å². The molecule has 0 heterocycles. The Morgan fingerprint density at radius 2 is 1.71 bits per heavy atom. The first-order valence-corrected chi connectivity index (χ1v) is 7.87. The van der Waals surface area contributed by atoms with Gasteiger partial charge in [0.1, 0.15) is 6.54 Å². The highest BCUT2D eigenvalue weighted by Crippen LogP contribution is 2.24. The van der Waals surface area contributed by atoms with Gasteiger partial charge in [0.05, 0.1) is 6.42 Å². The van der Waals surface area contributed by atoms with Crippen LogP contribution in [0.5, 0.6) is 0 Å². The highest BCUT2D eigenvalue weighted by Gasteiger charge is 2.40. The van der Waals surface area contributed by atoms with Gasteiger partial charge in [-0.05, 0) is 12.8 Å². The number of alkyl halides is 3. The van der Waals surface area contributed by atoms with E-state index in [4.69, 9.17) is 5.11 Å². The van der Waals surface area contributed by atoms with Gasteiger partial charge in [0, 0.05) is 19.6 Å². The molecule has 10 heteroatoms. The molecule has 0 radical (unpaired) electrons. The summed E-state index contributed by atoms with van der Waals surface area (Å²) in [5.74, 6) is -1.22. The Kier molecular flexibility index (Phi) is 7.62. The summed E-state index contributed by atoms with van der Waals surface area (Å²) in [6.07, 6.45) is -4.67. The van der Waals surface area contributed by atoms with Crippen LogP contribution < -0.4 is 0 Å². The number of aliphatic carboxylic acids is 1. The third kappa shape index (κ3) is 6.62. The van der Waals surface area contributed by atoms with Crippen molar-refractivity contribution in [2.75, 3.05) is 20.1 Å². The number of hydrogen-bond acceptors (Lipinski definition) is 3. The Labute approximate surface area is 122 Å². The minimum atomic E-state index is -4.66. The zero-order chi connectivity index (χ0) is 16.8. The van der Waals surface area contributed by atoms with E-state index in [1.165, 1.54) is 0 Å². The molecule has 0 bridgehead atoms. The molecule has 0 aromatic heterocycles. The van der Waals surface area contributed by atoms with Crippen LogP contribution in [0.4, 0.5) is 13.2 Å². The molecule has 0 saturated carbocycles. The molecule has 126 valence electrons. The quantitative estimate of drug-likeness (QED) is 0.696. The van der Waals surface area contributed by atoms with Gasteiger partial charge in [0.15, 0.2) is 0 Å². The van der Waals surface area contributed by atoms with Crippen molar-refractivity contribution >= 4 is 16.2 Å². The molecule has 0 aromatic rings. The van der Waals surface area contributed by atoms with Crippen LogP contribution in [-0.4, -0.2) is 60.5 Å². The van der Waals surface area contributed by atoms with Gasteiger partial charge >= 0.3 is 12.1 Å². The summed E-state index contributed by atoms with van der Waals surface area (Å²) >= 11 is 0. The Morgan fingerprint density at radius 1 is 1.24 bits per heavy atom. The monoisotopic (exact) mass is 334 g/mol. The molecule has 0 unspecified atom stereocenters. The Hall–Kier alpha value is -0.870. The number of carboxylic acid groups (broad SMARTS) is 1. The van der Waals surface area contributed by atoms with Gasteiger partial charge in [-0.15, -0.1) is 0 Å². The van der Waals surface area contributed by atoms with Crippen LogP contribution in [0.3, 0.4) is 0 Å². The number of hydrogen-bond donors (Lipinski definition) is 1. The number of halogens is 3. The zero-order valence-corrected chi connectivity index (χ0v) is 13.0. The predicted molar refractivity (Wildman–Crippen MR) is 70.9 cm³/mol. The van der Waals surface area contributed by atoms with Crippen LogP contribution >= 0.6 is 0 Å². The second-order valence-electron chi connectivity index (χ2n) is 4.60. The first kappa shape index (κ1) is 20.1. The highest BCUT2D eigenvalue weighted by atomic mass is 32.2. The lowest BCUT2D eigenvalue weighted by Crippen LogP contribution is -2.51. The van der Waals surface area contributed by atoms with Crippen LogP contribution in [0.2, 0.25) is 0 Å². The summed E-state index contributed by atoms with van der Waals surface area (Å²) in [5.41, 5.74) is 0. The van der Waals surface area contributed by atoms with Crippen LogP contribution in [-0.2, 0) is 15.0 Å². The van der Waals surface area contributed by atoms with E-state index in [1.54, 1.807) is 13.8 Å². The SMILES string of the molecule is CCC(CC)N(CC(F)(F)F)S(=O)(=O)N(C)CCC(=O)O. The van der Waals surface area contributed by atoms with Crippen molar-refractivity contribution in [3.63, 3.8) is 0 Å². The Morgan fingerprint density at radius 3 is 2.05 bits per heavy atom. The standard InChI is InChI=1S/C11H21F3N2O4S/c1-4-9(5-2)16(8-11(12,13)14)21(19,20)15(3)7-6-10(17)18/h9H,4-8H2,1-3H3,(H,17,18). The summed E-state index contributed by atoms with van der Waals surface area (Å²) in [6.45, 7) is 1.24. The molecule has 0 aromatic carbocycles. The Balaban J connectivity index is 5.32. The topological polar surface area (TPSA) is 77.9 Å². The maximum absolute atomic E-state index is 12.6. The lowest BCUT2D eigenvalue weighted by Gasteiger charge is -2.33. The van der Waals surface area contributed by atoms with Crippen LogP contribution in [0.1, 0.15) is 33.1 Å².